The summed E-state index contributed by atoms with van der Waals surface area (Å²) in [5.74, 6) is -2.10. The van der Waals surface area contributed by atoms with Crippen LogP contribution in [0.4, 0.5) is 13.6 Å². The molecule has 2 aromatic rings. The molecule has 3 aliphatic rings. The summed E-state index contributed by atoms with van der Waals surface area (Å²) in [6, 6.07) is 5.12. The number of thioether (sulfide) groups is 1. The van der Waals surface area contributed by atoms with Gasteiger partial charge in [0.05, 0.1) is 31.1 Å². The lowest BCUT2D eigenvalue weighted by Gasteiger charge is -2.39. The number of carbonyl (C=O) groups excluding carboxylic acids is 2. The van der Waals surface area contributed by atoms with Gasteiger partial charge in [0, 0.05) is 39.3 Å². The smallest absolute Gasteiger partial charge is 0.418 e. The average Bonchev–Trinajstić information content (AvgIpc) is 3.66. The first-order chi connectivity index (χ1) is 23.4. The number of benzene rings is 1. The summed E-state index contributed by atoms with van der Waals surface area (Å²) in [6.07, 6.45) is 2.99. The minimum atomic E-state index is -1.45. The Morgan fingerprint density at radius 3 is 2.52 bits per heavy atom. The fraction of sp³-hybridized carbons (Fsp3) is 0.571. The second kappa shape index (κ2) is 14.6. The lowest BCUT2D eigenvalue weighted by molar-refractivity contribution is -0.136. The van der Waals surface area contributed by atoms with E-state index in [1.807, 2.05) is 6.92 Å². The van der Waals surface area contributed by atoms with Crippen molar-refractivity contribution in [3.63, 3.8) is 0 Å². The zero-order valence-corrected chi connectivity index (χ0v) is 32.5. The highest BCUT2D eigenvalue weighted by Crippen LogP contribution is 2.71. The second-order valence-corrected chi connectivity index (χ2v) is 22.6. The van der Waals surface area contributed by atoms with E-state index in [4.69, 9.17) is 30.8 Å². The molecular weight excluding hydrogens is 704 g/mol. The van der Waals surface area contributed by atoms with Crippen LogP contribution in [0, 0.1) is 17.7 Å². The average molecular weight is 750 g/mol. The number of aromatic nitrogens is 2. The number of amidine groups is 1. The van der Waals surface area contributed by atoms with Crippen molar-refractivity contribution in [3.8, 4) is 0 Å². The van der Waals surface area contributed by atoms with Crippen LogP contribution in [0.1, 0.15) is 51.4 Å². The summed E-state index contributed by atoms with van der Waals surface area (Å²) in [7, 11) is -1.45. The number of hydrogen-bond donors (Lipinski definition) is 0. The van der Waals surface area contributed by atoms with Crippen LogP contribution in [0.5, 0.6) is 0 Å². The highest BCUT2D eigenvalue weighted by molar-refractivity contribution is 8.16. The van der Waals surface area contributed by atoms with Gasteiger partial charge >= 0.3 is 6.09 Å². The third-order valence-electron chi connectivity index (χ3n) is 9.11. The summed E-state index contributed by atoms with van der Waals surface area (Å²) in [4.78, 5) is 44.4. The summed E-state index contributed by atoms with van der Waals surface area (Å²) < 4.78 is 47.8. The molecule has 2 amide bonds. The number of ether oxygens (including phenoxy) is 3. The molecule has 1 saturated heterocycles. The molecule has 0 radical (unpaired) electrons. The molecular formula is C35H46ClF2N5O5SSi. The van der Waals surface area contributed by atoms with Crippen LogP contribution in [-0.2, 0) is 24.5 Å². The highest BCUT2D eigenvalue weighted by Gasteiger charge is 2.77. The Labute approximate surface area is 303 Å². The number of aliphatic imine (C=N–C) groups is 1. The molecule has 15 heteroatoms. The fourth-order valence-electron chi connectivity index (χ4n) is 6.48. The topological polar surface area (TPSA) is 106 Å². The maximum atomic E-state index is 16.1. The lowest BCUT2D eigenvalue weighted by atomic mass is 9.84. The van der Waals surface area contributed by atoms with E-state index < -0.39 is 47.6 Å². The van der Waals surface area contributed by atoms with Gasteiger partial charge in [0.25, 0.3) is 0 Å². The van der Waals surface area contributed by atoms with E-state index in [2.05, 4.69) is 29.6 Å². The van der Waals surface area contributed by atoms with E-state index >= 15 is 8.78 Å². The minimum Gasteiger partial charge on any atom is -0.443 e. The third kappa shape index (κ3) is 8.25. The predicted molar refractivity (Wildman–Crippen MR) is 195 cm³/mol. The molecule has 1 aliphatic carbocycles. The molecule has 272 valence electrons. The number of amides is 2. The highest BCUT2D eigenvalue weighted by atomic mass is 35.5. The van der Waals surface area contributed by atoms with E-state index in [9.17, 15) is 9.59 Å². The Bertz CT molecular complexity index is 1660. The Hall–Kier alpha value is -2.91. The lowest BCUT2D eigenvalue weighted by Crippen LogP contribution is -2.51. The molecule has 1 aromatic carbocycles. The van der Waals surface area contributed by atoms with Crippen LogP contribution in [0.2, 0.25) is 30.8 Å². The Kier molecular flexibility index (Phi) is 11.2. The van der Waals surface area contributed by atoms with Crippen LogP contribution in [0.15, 0.2) is 35.6 Å². The molecule has 5 rings (SSSR count). The molecule has 2 aliphatic heterocycles. The number of morpholine rings is 1. The Balaban J connectivity index is 1.61. The van der Waals surface area contributed by atoms with Gasteiger partial charge in [-0.05, 0) is 63.4 Å². The Morgan fingerprint density at radius 1 is 1.20 bits per heavy atom. The van der Waals surface area contributed by atoms with Gasteiger partial charge in [0.15, 0.2) is 11.0 Å². The molecule has 0 bridgehead atoms. The number of nitrogens with zero attached hydrogens (tertiary/aromatic N) is 5. The monoisotopic (exact) mass is 749 g/mol. The first-order valence-corrected chi connectivity index (χ1v) is 21.7. The number of halogens is 3. The van der Waals surface area contributed by atoms with Gasteiger partial charge in [-0.25, -0.2) is 28.4 Å². The molecule has 4 atom stereocenters. The van der Waals surface area contributed by atoms with Crippen molar-refractivity contribution in [1.29, 1.82) is 0 Å². The van der Waals surface area contributed by atoms with Gasteiger partial charge in [-0.3, -0.25) is 9.79 Å². The molecule has 3 heterocycles. The first kappa shape index (κ1) is 38.3. The van der Waals surface area contributed by atoms with E-state index in [1.54, 1.807) is 32.6 Å². The maximum absolute atomic E-state index is 16.1. The zero-order valence-electron chi connectivity index (χ0n) is 29.9. The van der Waals surface area contributed by atoms with E-state index in [-0.39, 0.29) is 40.1 Å². The van der Waals surface area contributed by atoms with Crippen molar-refractivity contribution in [2.45, 2.75) is 76.2 Å². The van der Waals surface area contributed by atoms with Gasteiger partial charge in [-0.15, -0.1) is 0 Å². The van der Waals surface area contributed by atoms with Crippen molar-refractivity contribution < 1.29 is 32.6 Å². The van der Waals surface area contributed by atoms with E-state index in [1.165, 1.54) is 53.3 Å². The first-order valence-electron chi connectivity index (χ1n) is 16.7. The van der Waals surface area contributed by atoms with Crippen molar-refractivity contribution >= 4 is 60.5 Å². The molecule has 10 nitrogen and oxygen atoms in total. The maximum Gasteiger partial charge on any atom is 0.418 e. The summed E-state index contributed by atoms with van der Waals surface area (Å²) in [5.41, 5.74) is -1.70. The largest absolute Gasteiger partial charge is 0.443 e. The van der Waals surface area contributed by atoms with E-state index in [0.29, 0.717) is 38.5 Å². The molecule has 0 spiro atoms. The fourth-order valence-corrected chi connectivity index (χ4v) is 9.14. The van der Waals surface area contributed by atoms with Gasteiger partial charge in [-0.1, -0.05) is 56.0 Å². The van der Waals surface area contributed by atoms with Crippen LogP contribution in [0.25, 0.3) is 11.9 Å². The quantitative estimate of drug-likeness (QED) is 0.148. The normalized spacial score (nSPS) is 25.5. The van der Waals surface area contributed by atoms with E-state index in [0.717, 1.165) is 6.04 Å². The van der Waals surface area contributed by atoms with Crippen LogP contribution >= 0.6 is 23.4 Å². The molecule has 2 fully saturated rings. The van der Waals surface area contributed by atoms with Crippen molar-refractivity contribution in [2.24, 2.45) is 16.8 Å². The standard InChI is InChI=1S/C35H46ClF2N5O5SSi/c1-22-29-34(5,24-17-23(9-10-25(24)37)18-26(38)27-19-40-28(36)20-39-27)41-31(49-35(22,29)30(44)42-11-13-46-14-12-42)43(32(45)48-33(2,3)4)21-47-15-16-50(6,7)8/h9-10,17-20,22,29H,11-16,21H2,1-8H3/b26-18-/t22-,29-,34+,35-/m0/s1. The van der Waals surface area contributed by atoms with Crippen LogP contribution in [0.3, 0.4) is 0 Å². The number of fused-ring (bicyclic) bond motifs is 1. The SMILES string of the molecule is C[C@H]1[C@@H]2[C@@]1(C(=O)N1CCOCC1)SC(N(COCC[Si](C)(C)C)C(=O)OC(C)(C)C)=N[C@]2(C)c1cc(/C=C(\F)c2cnc(Cl)cn2)ccc1F. The minimum absolute atomic E-state index is 0.0334. The molecule has 1 aromatic heterocycles. The number of rotatable bonds is 9. The number of hydrogen-bond acceptors (Lipinski definition) is 9. The summed E-state index contributed by atoms with van der Waals surface area (Å²) >= 11 is 7.03. The van der Waals surface area contributed by atoms with Gasteiger partial charge < -0.3 is 19.1 Å². The zero-order chi connectivity index (χ0) is 36.6. The number of carbonyl (C=O) groups is 2. The van der Waals surface area contributed by atoms with Crippen LogP contribution in [-0.4, -0.2) is 95.0 Å². The molecule has 1 saturated carbocycles. The van der Waals surface area contributed by atoms with Crippen molar-refractivity contribution in [3.05, 3.63) is 58.4 Å². The predicted octanol–water partition coefficient (Wildman–Crippen LogP) is 7.47. The van der Waals surface area contributed by atoms with Gasteiger partial charge in [-0.2, -0.15) is 0 Å². The van der Waals surface area contributed by atoms with Crippen molar-refractivity contribution in [1.82, 2.24) is 19.8 Å². The van der Waals surface area contributed by atoms with Gasteiger partial charge in [0.2, 0.25) is 5.91 Å². The second-order valence-electron chi connectivity index (χ2n) is 15.3. The molecule has 50 heavy (non-hydrogen) atoms. The Morgan fingerprint density at radius 2 is 1.90 bits per heavy atom. The van der Waals surface area contributed by atoms with Crippen LogP contribution < -0.4 is 0 Å². The third-order valence-corrected chi connectivity index (χ3v) is 12.6. The summed E-state index contributed by atoms with van der Waals surface area (Å²) in [6.45, 7) is 17.6. The summed E-state index contributed by atoms with van der Waals surface area (Å²) in [5, 5.41) is 0.317. The van der Waals surface area contributed by atoms with Crippen molar-refractivity contribution in [2.75, 3.05) is 39.6 Å². The molecule has 0 unspecified atom stereocenters. The molecule has 0 N–H and O–H groups in total. The van der Waals surface area contributed by atoms with Gasteiger partial charge in [0.1, 0.15) is 33.7 Å².